The third-order valence-electron chi connectivity index (χ3n) is 2.95. The van der Waals surface area contributed by atoms with Gasteiger partial charge in [0.1, 0.15) is 5.56 Å². The minimum atomic E-state index is -0.476. The molecule has 3 rings (SSSR count). The molecular formula is C14H12N4O2. The van der Waals surface area contributed by atoms with Crippen LogP contribution in [0.15, 0.2) is 47.4 Å². The molecular weight excluding hydrogens is 256 g/mol. The second-order valence-corrected chi connectivity index (χ2v) is 4.43. The fourth-order valence-corrected chi connectivity index (χ4v) is 1.98. The van der Waals surface area contributed by atoms with Gasteiger partial charge in [0.05, 0.1) is 0 Å². The molecule has 1 amide bonds. The molecule has 2 N–H and O–H groups in total. The molecule has 0 aliphatic carbocycles. The number of aryl methyl sites for hydroxylation is 1. The van der Waals surface area contributed by atoms with E-state index in [4.69, 9.17) is 0 Å². The molecule has 100 valence electrons. The number of aromatic amines is 1. The lowest BCUT2D eigenvalue weighted by molar-refractivity contribution is 0.102. The topological polar surface area (TPSA) is 79.8 Å². The smallest absolute Gasteiger partial charge is 0.262 e. The Hall–Kier alpha value is -2.89. The van der Waals surface area contributed by atoms with Gasteiger partial charge in [-0.05, 0) is 17.5 Å². The number of rotatable bonds is 2. The van der Waals surface area contributed by atoms with Gasteiger partial charge in [-0.15, -0.1) is 0 Å². The highest BCUT2D eigenvalue weighted by atomic mass is 16.2. The summed E-state index contributed by atoms with van der Waals surface area (Å²) in [5.41, 5.74) is 0.346. The molecule has 0 spiro atoms. The third kappa shape index (κ3) is 2.18. The predicted octanol–water partition coefficient (Wildman–Crippen LogP) is 1.51. The minimum absolute atomic E-state index is 0.0642. The molecule has 1 aromatic carbocycles. The zero-order valence-electron chi connectivity index (χ0n) is 10.8. The molecule has 0 saturated heterocycles. The van der Waals surface area contributed by atoms with Crippen molar-refractivity contribution in [3.8, 4) is 0 Å². The van der Waals surface area contributed by atoms with E-state index in [1.165, 1.54) is 0 Å². The van der Waals surface area contributed by atoms with Gasteiger partial charge in [0.2, 0.25) is 0 Å². The number of amides is 1. The number of hydrogen-bond acceptors (Lipinski definition) is 3. The molecule has 0 saturated carbocycles. The first kappa shape index (κ1) is 12.2. The van der Waals surface area contributed by atoms with Gasteiger partial charge in [-0.25, -0.2) is 0 Å². The van der Waals surface area contributed by atoms with Crippen LogP contribution in [-0.4, -0.2) is 20.7 Å². The second-order valence-electron chi connectivity index (χ2n) is 4.43. The van der Waals surface area contributed by atoms with E-state index in [-0.39, 0.29) is 5.56 Å². The summed E-state index contributed by atoms with van der Waals surface area (Å²) in [4.78, 5) is 26.7. The summed E-state index contributed by atoms with van der Waals surface area (Å²) in [6.45, 7) is 0. The number of anilines is 1. The van der Waals surface area contributed by atoms with Crippen molar-refractivity contribution >= 4 is 22.6 Å². The van der Waals surface area contributed by atoms with E-state index < -0.39 is 11.5 Å². The van der Waals surface area contributed by atoms with Gasteiger partial charge >= 0.3 is 0 Å². The maximum atomic E-state index is 12.1. The summed E-state index contributed by atoms with van der Waals surface area (Å²) in [5, 5.41) is 7.44. The average Bonchev–Trinajstić information content (AvgIpc) is 2.83. The average molecular weight is 268 g/mol. The molecule has 0 radical (unpaired) electrons. The summed E-state index contributed by atoms with van der Waals surface area (Å²) in [7, 11) is 1.75. The summed E-state index contributed by atoms with van der Waals surface area (Å²) < 4.78 is 1.57. The highest BCUT2D eigenvalue weighted by Crippen LogP contribution is 2.11. The fraction of sp³-hybridized carbons (Fsp3) is 0.0714. The number of para-hydroxylation sites is 1. The van der Waals surface area contributed by atoms with Crippen LogP contribution >= 0.6 is 0 Å². The Labute approximate surface area is 114 Å². The van der Waals surface area contributed by atoms with E-state index >= 15 is 0 Å². The molecule has 2 aromatic heterocycles. The van der Waals surface area contributed by atoms with Gasteiger partial charge in [0.25, 0.3) is 11.5 Å². The molecule has 3 aromatic rings. The number of carbonyl (C=O) groups excluding carboxylic acids is 1. The summed E-state index contributed by atoms with van der Waals surface area (Å²) in [5.74, 6) is -0.0687. The van der Waals surface area contributed by atoms with Crippen LogP contribution in [0.1, 0.15) is 10.4 Å². The number of nitrogens with zero attached hydrogens (tertiary/aromatic N) is 2. The Balaban J connectivity index is 1.98. The lowest BCUT2D eigenvalue weighted by atomic mass is 10.1. The molecule has 6 nitrogen and oxygen atoms in total. The van der Waals surface area contributed by atoms with Gasteiger partial charge in [-0.3, -0.25) is 14.3 Å². The normalized spacial score (nSPS) is 10.7. The van der Waals surface area contributed by atoms with E-state index in [9.17, 15) is 9.59 Å². The zero-order chi connectivity index (χ0) is 14.1. The van der Waals surface area contributed by atoms with Crippen molar-refractivity contribution < 1.29 is 4.79 Å². The first-order valence-corrected chi connectivity index (χ1v) is 6.06. The van der Waals surface area contributed by atoms with Crippen LogP contribution in [0.2, 0.25) is 0 Å². The summed E-state index contributed by atoms with van der Waals surface area (Å²) >= 11 is 0. The van der Waals surface area contributed by atoms with Gasteiger partial charge in [-0.2, -0.15) is 5.10 Å². The monoisotopic (exact) mass is 268 g/mol. The van der Waals surface area contributed by atoms with Crippen molar-refractivity contribution in [3.63, 3.8) is 0 Å². The molecule has 0 fully saturated rings. The van der Waals surface area contributed by atoms with Gasteiger partial charge in [-0.1, -0.05) is 18.2 Å². The fourth-order valence-electron chi connectivity index (χ4n) is 1.98. The van der Waals surface area contributed by atoms with Crippen LogP contribution in [0.3, 0.4) is 0 Å². The number of pyridine rings is 1. The minimum Gasteiger partial charge on any atom is -0.321 e. The molecule has 6 heteroatoms. The standard InChI is InChI=1S/C14H12N4O2/c1-18-7-6-12(17-18)16-14(20)10-8-9-4-2-3-5-11(9)15-13(10)19/h2-8H,1H3,(H,15,19)(H,16,17,20). The van der Waals surface area contributed by atoms with Crippen LogP contribution in [0, 0.1) is 0 Å². The molecule has 0 bridgehead atoms. The van der Waals surface area contributed by atoms with Gasteiger partial charge in [0.15, 0.2) is 5.82 Å². The maximum Gasteiger partial charge on any atom is 0.262 e. The number of aromatic nitrogens is 3. The predicted molar refractivity (Wildman–Crippen MR) is 75.7 cm³/mol. The Bertz CT molecular complexity index is 848. The number of benzene rings is 1. The first-order valence-electron chi connectivity index (χ1n) is 6.06. The van der Waals surface area contributed by atoms with Crippen molar-refractivity contribution in [2.45, 2.75) is 0 Å². The van der Waals surface area contributed by atoms with E-state index in [1.807, 2.05) is 18.2 Å². The number of hydrogen-bond donors (Lipinski definition) is 2. The molecule has 20 heavy (non-hydrogen) atoms. The highest BCUT2D eigenvalue weighted by Gasteiger charge is 2.12. The lowest BCUT2D eigenvalue weighted by Gasteiger charge is -2.03. The van der Waals surface area contributed by atoms with Crippen LogP contribution in [0.25, 0.3) is 10.9 Å². The second kappa shape index (κ2) is 4.65. The maximum absolute atomic E-state index is 12.1. The quantitative estimate of drug-likeness (QED) is 0.739. The van der Waals surface area contributed by atoms with Crippen molar-refractivity contribution in [2.24, 2.45) is 7.05 Å². The van der Waals surface area contributed by atoms with E-state index in [0.29, 0.717) is 11.3 Å². The van der Waals surface area contributed by atoms with Crippen LogP contribution in [-0.2, 0) is 7.05 Å². The summed E-state index contributed by atoms with van der Waals surface area (Å²) in [6.07, 6.45) is 1.71. The van der Waals surface area contributed by atoms with E-state index in [1.54, 1.807) is 36.1 Å². The Morgan fingerprint density at radius 3 is 2.85 bits per heavy atom. The summed E-state index contributed by atoms with van der Waals surface area (Å²) in [6, 6.07) is 10.5. The Morgan fingerprint density at radius 1 is 1.30 bits per heavy atom. The third-order valence-corrected chi connectivity index (χ3v) is 2.95. The first-order chi connectivity index (χ1) is 9.63. The largest absolute Gasteiger partial charge is 0.321 e. The van der Waals surface area contributed by atoms with Crippen LogP contribution in [0.4, 0.5) is 5.82 Å². The Kier molecular flexibility index (Phi) is 2.83. The molecule has 0 atom stereocenters. The van der Waals surface area contributed by atoms with Crippen molar-refractivity contribution in [2.75, 3.05) is 5.32 Å². The number of carbonyl (C=O) groups is 1. The van der Waals surface area contributed by atoms with Gasteiger partial charge < -0.3 is 10.3 Å². The highest BCUT2D eigenvalue weighted by molar-refractivity contribution is 6.05. The van der Waals surface area contributed by atoms with Crippen molar-refractivity contribution in [3.05, 3.63) is 58.5 Å². The molecule has 2 heterocycles. The van der Waals surface area contributed by atoms with E-state index in [2.05, 4.69) is 15.4 Å². The number of nitrogens with one attached hydrogen (secondary N) is 2. The van der Waals surface area contributed by atoms with Crippen molar-refractivity contribution in [1.82, 2.24) is 14.8 Å². The zero-order valence-corrected chi connectivity index (χ0v) is 10.8. The molecule has 0 aliphatic rings. The molecule has 0 unspecified atom stereocenters. The van der Waals surface area contributed by atoms with Crippen molar-refractivity contribution in [1.29, 1.82) is 0 Å². The number of fused-ring (bicyclic) bond motifs is 1. The lowest BCUT2D eigenvalue weighted by Crippen LogP contribution is -2.23. The van der Waals surface area contributed by atoms with Gasteiger partial charge in [0, 0.05) is 24.8 Å². The van der Waals surface area contributed by atoms with E-state index in [0.717, 1.165) is 5.39 Å². The van der Waals surface area contributed by atoms with Crippen LogP contribution < -0.4 is 10.9 Å². The SMILES string of the molecule is Cn1ccc(NC(=O)c2cc3ccccc3[nH]c2=O)n1. The number of H-pyrrole nitrogens is 1. The van der Waals surface area contributed by atoms with Crippen LogP contribution in [0.5, 0.6) is 0 Å². The molecule has 0 aliphatic heterocycles. The Morgan fingerprint density at radius 2 is 2.10 bits per heavy atom.